The number of rotatable bonds is 4. The summed E-state index contributed by atoms with van der Waals surface area (Å²) in [5.41, 5.74) is 1.85. The van der Waals surface area contributed by atoms with Gasteiger partial charge in [-0.15, -0.1) is 0 Å². The number of hydrogen-bond acceptors (Lipinski definition) is 3. The minimum atomic E-state index is -0.300. The molecule has 0 aliphatic heterocycles. The van der Waals surface area contributed by atoms with Gasteiger partial charge in [0.25, 0.3) is 0 Å². The molecular weight excluding hydrogens is 323 g/mol. The van der Waals surface area contributed by atoms with Gasteiger partial charge in [-0.2, -0.15) is 5.26 Å². The molecule has 3 nitrogen and oxygen atoms in total. The van der Waals surface area contributed by atoms with Crippen LogP contribution in [0, 0.1) is 17.1 Å². The highest BCUT2D eigenvalue weighted by atomic mass is 79.9. The van der Waals surface area contributed by atoms with Crippen molar-refractivity contribution in [2.24, 2.45) is 0 Å². The number of nitriles is 1. The Morgan fingerprint density at radius 3 is 2.85 bits per heavy atom. The van der Waals surface area contributed by atoms with Gasteiger partial charge >= 0.3 is 0 Å². The first kappa shape index (κ1) is 14.4. The maximum Gasteiger partial charge on any atom is 0.143 e. The number of para-hydroxylation sites is 1. The highest BCUT2D eigenvalue weighted by Crippen LogP contribution is 2.29. The standard InChI is InChI=1S/C15H12BrFN2O/c1-20-14-4-2-3-10(8-18)15(14)19-9-11-7-12(17)5-6-13(11)16/h2-7,19H,9H2,1H3. The van der Waals surface area contributed by atoms with E-state index in [0.29, 0.717) is 23.5 Å². The maximum absolute atomic E-state index is 13.2. The minimum Gasteiger partial charge on any atom is -0.495 e. The largest absolute Gasteiger partial charge is 0.495 e. The molecule has 0 fully saturated rings. The third-order valence-corrected chi connectivity index (χ3v) is 3.60. The third kappa shape index (κ3) is 3.09. The van der Waals surface area contributed by atoms with Crippen molar-refractivity contribution >= 4 is 21.6 Å². The predicted molar refractivity (Wildman–Crippen MR) is 79.1 cm³/mol. The number of ether oxygens (including phenoxy) is 1. The van der Waals surface area contributed by atoms with Gasteiger partial charge in [0, 0.05) is 11.0 Å². The van der Waals surface area contributed by atoms with Crippen LogP contribution >= 0.6 is 15.9 Å². The fraction of sp³-hybridized carbons (Fsp3) is 0.133. The first-order valence-corrected chi connectivity index (χ1v) is 6.70. The van der Waals surface area contributed by atoms with Gasteiger partial charge in [0.2, 0.25) is 0 Å². The molecule has 102 valence electrons. The molecule has 0 bridgehead atoms. The zero-order chi connectivity index (χ0) is 14.5. The molecule has 0 saturated carbocycles. The molecule has 0 aromatic heterocycles. The van der Waals surface area contributed by atoms with Crippen LogP contribution in [0.3, 0.4) is 0 Å². The van der Waals surface area contributed by atoms with E-state index in [9.17, 15) is 4.39 Å². The van der Waals surface area contributed by atoms with Crippen LogP contribution in [-0.2, 0) is 6.54 Å². The normalized spacial score (nSPS) is 9.90. The molecule has 0 heterocycles. The molecule has 0 atom stereocenters. The molecule has 2 rings (SSSR count). The monoisotopic (exact) mass is 334 g/mol. The van der Waals surface area contributed by atoms with E-state index in [2.05, 4.69) is 27.3 Å². The summed E-state index contributed by atoms with van der Waals surface area (Å²) in [6.45, 7) is 0.382. The van der Waals surface area contributed by atoms with Crippen LogP contribution in [0.5, 0.6) is 5.75 Å². The Hall–Kier alpha value is -2.06. The molecule has 0 unspecified atom stereocenters. The van der Waals surface area contributed by atoms with Crippen molar-refractivity contribution in [3.8, 4) is 11.8 Å². The lowest BCUT2D eigenvalue weighted by atomic mass is 10.1. The van der Waals surface area contributed by atoms with Gasteiger partial charge < -0.3 is 10.1 Å². The Kier molecular flexibility index (Phi) is 4.59. The summed E-state index contributed by atoms with van der Waals surface area (Å²) in [6, 6.07) is 11.8. The van der Waals surface area contributed by atoms with Crippen LogP contribution in [-0.4, -0.2) is 7.11 Å². The molecule has 0 amide bonds. The molecule has 0 spiro atoms. The van der Waals surface area contributed by atoms with E-state index in [1.165, 1.54) is 12.1 Å². The second-order valence-corrected chi connectivity index (χ2v) is 4.94. The Balaban J connectivity index is 2.27. The Labute approximate surface area is 125 Å². The van der Waals surface area contributed by atoms with Gasteiger partial charge in [0.1, 0.15) is 17.6 Å². The first-order valence-electron chi connectivity index (χ1n) is 5.90. The SMILES string of the molecule is COc1cccc(C#N)c1NCc1cc(F)ccc1Br. The molecule has 0 aliphatic rings. The van der Waals surface area contributed by atoms with E-state index in [1.807, 2.05) is 0 Å². The smallest absolute Gasteiger partial charge is 0.143 e. The second-order valence-electron chi connectivity index (χ2n) is 4.08. The highest BCUT2D eigenvalue weighted by Gasteiger charge is 2.09. The third-order valence-electron chi connectivity index (χ3n) is 2.83. The van der Waals surface area contributed by atoms with E-state index in [1.54, 1.807) is 31.4 Å². The molecular formula is C15H12BrFN2O. The molecule has 2 aromatic rings. The first-order chi connectivity index (χ1) is 9.65. The highest BCUT2D eigenvalue weighted by molar-refractivity contribution is 9.10. The van der Waals surface area contributed by atoms with Crippen LogP contribution in [0.4, 0.5) is 10.1 Å². The van der Waals surface area contributed by atoms with Crippen molar-refractivity contribution in [1.29, 1.82) is 5.26 Å². The molecule has 0 radical (unpaired) electrons. The Morgan fingerprint density at radius 2 is 2.15 bits per heavy atom. The lowest BCUT2D eigenvalue weighted by molar-refractivity contribution is 0.416. The van der Waals surface area contributed by atoms with Gasteiger partial charge in [-0.3, -0.25) is 0 Å². The van der Waals surface area contributed by atoms with Crippen molar-refractivity contribution < 1.29 is 9.13 Å². The topological polar surface area (TPSA) is 45.0 Å². The number of benzene rings is 2. The molecule has 2 aromatic carbocycles. The number of methoxy groups -OCH3 is 1. The zero-order valence-electron chi connectivity index (χ0n) is 10.8. The average molecular weight is 335 g/mol. The van der Waals surface area contributed by atoms with Crippen molar-refractivity contribution in [1.82, 2.24) is 0 Å². The maximum atomic E-state index is 13.2. The summed E-state index contributed by atoms with van der Waals surface area (Å²) >= 11 is 3.37. The summed E-state index contributed by atoms with van der Waals surface area (Å²) in [5.74, 6) is 0.280. The Bertz CT molecular complexity index is 667. The van der Waals surface area contributed by atoms with E-state index < -0.39 is 0 Å². The average Bonchev–Trinajstić information content (AvgIpc) is 2.47. The lowest BCUT2D eigenvalue weighted by Gasteiger charge is -2.13. The van der Waals surface area contributed by atoms with Gasteiger partial charge in [0.15, 0.2) is 0 Å². The van der Waals surface area contributed by atoms with E-state index in [0.717, 1.165) is 10.0 Å². The summed E-state index contributed by atoms with van der Waals surface area (Å²) in [7, 11) is 1.54. The molecule has 20 heavy (non-hydrogen) atoms. The van der Waals surface area contributed by atoms with E-state index >= 15 is 0 Å². The molecule has 5 heteroatoms. The van der Waals surface area contributed by atoms with Gasteiger partial charge in [-0.25, -0.2) is 4.39 Å². The van der Waals surface area contributed by atoms with Crippen LogP contribution in [0.2, 0.25) is 0 Å². The molecule has 0 aliphatic carbocycles. The van der Waals surface area contributed by atoms with Crippen molar-refractivity contribution in [3.05, 3.63) is 57.8 Å². The summed E-state index contributed by atoms with van der Waals surface area (Å²) in [6.07, 6.45) is 0. The Morgan fingerprint density at radius 1 is 1.35 bits per heavy atom. The van der Waals surface area contributed by atoms with Crippen molar-refractivity contribution in [3.63, 3.8) is 0 Å². The van der Waals surface area contributed by atoms with Crippen molar-refractivity contribution in [2.45, 2.75) is 6.54 Å². The van der Waals surface area contributed by atoms with Crippen LogP contribution < -0.4 is 10.1 Å². The molecule has 0 saturated heterocycles. The number of halogens is 2. The zero-order valence-corrected chi connectivity index (χ0v) is 12.4. The van der Waals surface area contributed by atoms with Gasteiger partial charge in [-0.1, -0.05) is 22.0 Å². The predicted octanol–water partition coefficient (Wildman–Crippen LogP) is 4.08. The summed E-state index contributed by atoms with van der Waals surface area (Å²) in [4.78, 5) is 0. The fourth-order valence-electron chi connectivity index (χ4n) is 1.84. The quantitative estimate of drug-likeness (QED) is 0.916. The minimum absolute atomic E-state index is 0.300. The number of nitrogens with one attached hydrogen (secondary N) is 1. The number of anilines is 1. The van der Waals surface area contributed by atoms with E-state index in [-0.39, 0.29) is 5.82 Å². The van der Waals surface area contributed by atoms with Crippen LogP contribution in [0.1, 0.15) is 11.1 Å². The summed E-state index contributed by atoms with van der Waals surface area (Å²) < 4.78 is 19.3. The fourth-order valence-corrected chi connectivity index (χ4v) is 2.23. The van der Waals surface area contributed by atoms with Crippen LogP contribution in [0.15, 0.2) is 40.9 Å². The van der Waals surface area contributed by atoms with Gasteiger partial charge in [0.05, 0.1) is 18.4 Å². The van der Waals surface area contributed by atoms with Crippen LogP contribution in [0.25, 0.3) is 0 Å². The van der Waals surface area contributed by atoms with Crippen molar-refractivity contribution in [2.75, 3.05) is 12.4 Å². The number of nitrogens with zero attached hydrogens (tertiary/aromatic N) is 1. The second kappa shape index (κ2) is 6.40. The molecule has 1 N–H and O–H groups in total. The number of hydrogen-bond donors (Lipinski definition) is 1. The van der Waals surface area contributed by atoms with E-state index in [4.69, 9.17) is 10.00 Å². The lowest BCUT2D eigenvalue weighted by Crippen LogP contribution is -2.04. The summed E-state index contributed by atoms with van der Waals surface area (Å²) in [5, 5.41) is 12.2. The van der Waals surface area contributed by atoms with Gasteiger partial charge in [-0.05, 0) is 35.9 Å².